The van der Waals surface area contributed by atoms with Crippen LogP contribution in [0.1, 0.15) is 48.9 Å². The number of halogens is 1. The molecule has 1 unspecified atom stereocenters. The fourth-order valence-corrected chi connectivity index (χ4v) is 5.07. The van der Waals surface area contributed by atoms with Gasteiger partial charge in [-0.05, 0) is 90.9 Å². The largest absolute Gasteiger partial charge is 0.494 e. The standard InChI is InChI=1S/C28H32FNO2S/c1-2-6-22-17-27(32-25-14-11-24(29)12-15-25)13-10-21(22)7-3-4-16-31-26-9-5-8-23(18-26)28-19-33-20-30-28/h5,8-15,17-18,28,30H,2-4,6-7,16,19-20H2,1H3. The van der Waals surface area contributed by atoms with Crippen LogP contribution >= 0.6 is 11.8 Å². The maximum absolute atomic E-state index is 13.1. The van der Waals surface area contributed by atoms with E-state index in [1.165, 1.54) is 28.8 Å². The Morgan fingerprint density at radius 1 is 0.909 bits per heavy atom. The first kappa shape index (κ1) is 23.7. The first-order chi connectivity index (χ1) is 16.2. The number of hydrogen-bond acceptors (Lipinski definition) is 4. The normalized spacial score (nSPS) is 15.5. The van der Waals surface area contributed by atoms with Gasteiger partial charge in [-0.2, -0.15) is 0 Å². The number of hydrogen-bond donors (Lipinski definition) is 1. The van der Waals surface area contributed by atoms with Gasteiger partial charge in [0, 0.05) is 17.7 Å². The lowest BCUT2D eigenvalue weighted by atomic mass is 9.98. The highest BCUT2D eigenvalue weighted by Gasteiger charge is 2.16. The van der Waals surface area contributed by atoms with Crippen molar-refractivity contribution in [3.63, 3.8) is 0 Å². The SMILES string of the molecule is CCCc1cc(Oc2ccc(F)cc2)ccc1CCCCOc1cccc(C2CSCN2)c1. The van der Waals surface area contributed by atoms with Crippen LogP contribution in [0.3, 0.4) is 0 Å². The lowest BCUT2D eigenvalue weighted by molar-refractivity contribution is 0.306. The monoisotopic (exact) mass is 465 g/mol. The van der Waals surface area contributed by atoms with Crippen molar-refractivity contribution >= 4 is 11.8 Å². The Kier molecular flexibility index (Phi) is 8.67. The number of aryl methyl sites for hydroxylation is 2. The van der Waals surface area contributed by atoms with Gasteiger partial charge in [0.05, 0.1) is 6.61 Å². The molecule has 33 heavy (non-hydrogen) atoms. The molecule has 1 fully saturated rings. The van der Waals surface area contributed by atoms with Crippen LogP contribution in [0.15, 0.2) is 66.7 Å². The maximum Gasteiger partial charge on any atom is 0.127 e. The lowest BCUT2D eigenvalue weighted by Crippen LogP contribution is -2.14. The van der Waals surface area contributed by atoms with E-state index < -0.39 is 0 Å². The smallest absolute Gasteiger partial charge is 0.127 e. The summed E-state index contributed by atoms with van der Waals surface area (Å²) in [5, 5.41) is 3.51. The molecular weight excluding hydrogens is 433 g/mol. The number of unbranched alkanes of at least 4 members (excludes halogenated alkanes) is 1. The molecule has 3 nitrogen and oxygen atoms in total. The number of benzene rings is 3. The van der Waals surface area contributed by atoms with E-state index >= 15 is 0 Å². The van der Waals surface area contributed by atoms with Crippen molar-refractivity contribution in [1.82, 2.24) is 5.32 Å². The lowest BCUT2D eigenvalue weighted by Gasteiger charge is -2.13. The summed E-state index contributed by atoms with van der Waals surface area (Å²) < 4.78 is 25.1. The molecule has 0 bridgehead atoms. The molecule has 0 saturated carbocycles. The van der Waals surface area contributed by atoms with Gasteiger partial charge in [-0.3, -0.25) is 0 Å². The Bertz CT molecular complexity index is 1020. The van der Waals surface area contributed by atoms with E-state index in [0.717, 1.165) is 61.8 Å². The topological polar surface area (TPSA) is 30.5 Å². The highest BCUT2D eigenvalue weighted by Crippen LogP contribution is 2.28. The van der Waals surface area contributed by atoms with Crippen molar-refractivity contribution in [1.29, 1.82) is 0 Å². The van der Waals surface area contributed by atoms with E-state index in [2.05, 4.69) is 42.6 Å². The zero-order valence-electron chi connectivity index (χ0n) is 19.2. The van der Waals surface area contributed by atoms with Gasteiger partial charge in [-0.15, -0.1) is 11.8 Å². The zero-order chi connectivity index (χ0) is 22.9. The van der Waals surface area contributed by atoms with Crippen molar-refractivity contribution in [3.8, 4) is 17.2 Å². The summed E-state index contributed by atoms with van der Waals surface area (Å²) in [6.45, 7) is 2.92. The molecule has 0 aliphatic carbocycles. The number of thioether (sulfide) groups is 1. The van der Waals surface area contributed by atoms with E-state index in [9.17, 15) is 4.39 Å². The molecule has 0 radical (unpaired) electrons. The van der Waals surface area contributed by atoms with Gasteiger partial charge >= 0.3 is 0 Å². The zero-order valence-corrected chi connectivity index (χ0v) is 20.0. The molecule has 1 aliphatic heterocycles. The Hall–Kier alpha value is -2.50. The summed E-state index contributed by atoms with van der Waals surface area (Å²) >= 11 is 1.94. The number of rotatable bonds is 11. The van der Waals surface area contributed by atoms with E-state index in [0.29, 0.717) is 11.8 Å². The molecule has 0 spiro atoms. The molecule has 1 N–H and O–H groups in total. The highest BCUT2D eigenvalue weighted by molar-refractivity contribution is 7.99. The van der Waals surface area contributed by atoms with Gasteiger partial charge in [0.25, 0.3) is 0 Å². The third-order valence-electron chi connectivity index (χ3n) is 5.83. The van der Waals surface area contributed by atoms with Crippen LogP contribution in [-0.2, 0) is 12.8 Å². The van der Waals surface area contributed by atoms with Gasteiger partial charge in [-0.25, -0.2) is 4.39 Å². The van der Waals surface area contributed by atoms with Crippen molar-refractivity contribution < 1.29 is 13.9 Å². The van der Waals surface area contributed by atoms with Crippen LogP contribution in [-0.4, -0.2) is 18.2 Å². The molecule has 174 valence electrons. The van der Waals surface area contributed by atoms with E-state index in [-0.39, 0.29) is 5.82 Å². The molecule has 1 aliphatic rings. The number of nitrogens with one attached hydrogen (secondary N) is 1. The molecule has 1 saturated heterocycles. The molecular formula is C28H32FNO2S. The van der Waals surface area contributed by atoms with E-state index in [4.69, 9.17) is 9.47 Å². The second-order valence-corrected chi connectivity index (χ2v) is 9.42. The quantitative estimate of drug-likeness (QED) is 0.301. The first-order valence-corrected chi connectivity index (χ1v) is 13.0. The van der Waals surface area contributed by atoms with Gasteiger partial charge in [-0.1, -0.05) is 31.5 Å². The van der Waals surface area contributed by atoms with E-state index in [1.807, 2.05) is 23.9 Å². The third-order valence-corrected chi connectivity index (χ3v) is 6.77. The van der Waals surface area contributed by atoms with Gasteiger partial charge in [0.1, 0.15) is 23.1 Å². The first-order valence-electron chi connectivity index (χ1n) is 11.8. The van der Waals surface area contributed by atoms with Crippen molar-refractivity contribution in [3.05, 3.63) is 89.2 Å². The van der Waals surface area contributed by atoms with Crippen LogP contribution in [0, 0.1) is 5.82 Å². The Labute approximate surface area is 200 Å². The summed E-state index contributed by atoms with van der Waals surface area (Å²) in [7, 11) is 0. The molecule has 0 amide bonds. The summed E-state index contributed by atoms with van der Waals surface area (Å²) in [6, 6.07) is 21.4. The minimum atomic E-state index is -0.258. The van der Waals surface area contributed by atoms with Crippen LogP contribution in [0.2, 0.25) is 0 Å². The average Bonchev–Trinajstić information content (AvgIpc) is 3.37. The summed E-state index contributed by atoms with van der Waals surface area (Å²) in [6.07, 6.45) is 5.23. The number of ether oxygens (including phenoxy) is 2. The van der Waals surface area contributed by atoms with Gasteiger partial charge < -0.3 is 14.8 Å². The molecule has 3 aromatic carbocycles. The maximum atomic E-state index is 13.1. The van der Waals surface area contributed by atoms with Crippen LogP contribution in [0.4, 0.5) is 4.39 Å². The Balaban J connectivity index is 1.27. The summed E-state index contributed by atoms with van der Waals surface area (Å²) in [4.78, 5) is 0. The van der Waals surface area contributed by atoms with Crippen LogP contribution in [0.5, 0.6) is 17.2 Å². The van der Waals surface area contributed by atoms with Crippen molar-refractivity contribution in [2.24, 2.45) is 0 Å². The third kappa shape index (κ3) is 6.99. The summed E-state index contributed by atoms with van der Waals surface area (Å²) in [5.74, 6) is 4.29. The van der Waals surface area contributed by atoms with E-state index in [1.54, 1.807) is 12.1 Å². The highest BCUT2D eigenvalue weighted by atomic mass is 32.2. The second kappa shape index (κ2) is 12.1. The molecule has 5 heteroatoms. The second-order valence-electron chi connectivity index (χ2n) is 8.39. The molecule has 4 rings (SSSR count). The van der Waals surface area contributed by atoms with Crippen molar-refractivity contribution in [2.75, 3.05) is 18.2 Å². The average molecular weight is 466 g/mol. The predicted octanol–water partition coefficient (Wildman–Crippen LogP) is 7.31. The van der Waals surface area contributed by atoms with Gasteiger partial charge in [0.15, 0.2) is 0 Å². The fraction of sp³-hybridized carbons (Fsp3) is 0.357. The van der Waals surface area contributed by atoms with Crippen molar-refractivity contribution in [2.45, 2.75) is 45.1 Å². The predicted molar refractivity (Wildman–Crippen MR) is 135 cm³/mol. The Morgan fingerprint density at radius 2 is 1.76 bits per heavy atom. The summed E-state index contributed by atoms with van der Waals surface area (Å²) in [5.41, 5.74) is 4.01. The molecule has 1 atom stereocenters. The fourth-order valence-electron chi connectivity index (χ4n) is 4.09. The minimum Gasteiger partial charge on any atom is -0.494 e. The molecule has 0 aromatic heterocycles. The molecule has 3 aromatic rings. The Morgan fingerprint density at radius 3 is 2.55 bits per heavy atom. The molecule has 1 heterocycles. The van der Waals surface area contributed by atoms with Crippen LogP contribution in [0.25, 0.3) is 0 Å². The minimum absolute atomic E-state index is 0.258. The van der Waals surface area contributed by atoms with Crippen LogP contribution < -0.4 is 14.8 Å². The van der Waals surface area contributed by atoms with Gasteiger partial charge in [0.2, 0.25) is 0 Å².